The number of hydrogen-bond acceptors (Lipinski definition) is 3. The van der Waals surface area contributed by atoms with Gasteiger partial charge in [-0.3, -0.25) is 4.79 Å². The third-order valence-corrected chi connectivity index (χ3v) is 3.22. The van der Waals surface area contributed by atoms with Gasteiger partial charge in [0.25, 0.3) is 0 Å². The maximum atomic E-state index is 10.9. The van der Waals surface area contributed by atoms with Crippen molar-refractivity contribution < 1.29 is 4.79 Å². The van der Waals surface area contributed by atoms with E-state index in [9.17, 15) is 4.79 Å². The van der Waals surface area contributed by atoms with E-state index in [1.54, 1.807) is 12.1 Å². The number of amides is 1. The summed E-state index contributed by atoms with van der Waals surface area (Å²) in [5.74, 6) is 0.858. The summed E-state index contributed by atoms with van der Waals surface area (Å²) in [6.07, 6.45) is 4.60. The zero-order valence-electron chi connectivity index (χ0n) is 10.2. The molecular formula is C13H20N2OS. The Morgan fingerprint density at radius 3 is 2.59 bits per heavy atom. The highest BCUT2D eigenvalue weighted by molar-refractivity contribution is 7.98. The molecule has 0 heterocycles. The second-order valence-electron chi connectivity index (χ2n) is 3.94. The van der Waals surface area contributed by atoms with Gasteiger partial charge in [-0.2, -0.15) is 11.8 Å². The minimum atomic E-state index is -0.374. The lowest BCUT2D eigenvalue weighted by molar-refractivity contribution is 0.100. The molecule has 0 aromatic heterocycles. The molecular weight excluding hydrogens is 232 g/mol. The van der Waals surface area contributed by atoms with Crippen molar-refractivity contribution in [2.75, 3.05) is 18.6 Å². The molecule has 1 amide bonds. The molecule has 1 aromatic rings. The van der Waals surface area contributed by atoms with Crippen LogP contribution in [0.4, 0.5) is 0 Å². The number of carbonyl (C=O) groups excluding carboxylic acids is 1. The number of nitrogens with two attached hydrogens (primary N) is 1. The second-order valence-corrected chi connectivity index (χ2v) is 4.92. The molecule has 0 fully saturated rings. The topological polar surface area (TPSA) is 55.1 Å². The lowest BCUT2D eigenvalue weighted by atomic mass is 10.1. The zero-order chi connectivity index (χ0) is 12.5. The first-order valence-corrected chi connectivity index (χ1v) is 7.22. The van der Waals surface area contributed by atoms with Crippen LogP contribution >= 0.6 is 11.8 Å². The van der Waals surface area contributed by atoms with E-state index in [1.807, 2.05) is 23.9 Å². The first-order chi connectivity index (χ1) is 8.24. The number of primary amides is 1. The van der Waals surface area contributed by atoms with E-state index in [2.05, 4.69) is 11.6 Å². The average Bonchev–Trinajstić information content (AvgIpc) is 2.34. The average molecular weight is 252 g/mol. The van der Waals surface area contributed by atoms with E-state index in [0.29, 0.717) is 5.56 Å². The van der Waals surface area contributed by atoms with Crippen LogP contribution in [-0.2, 0) is 6.54 Å². The maximum Gasteiger partial charge on any atom is 0.248 e. The van der Waals surface area contributed by atoms with Crippen LogP contribution in [0, 0.1) is 0 Å². The van der Waals surface area contributed by atoms with Crippen molar-refractivity contribution in [2.45, 2.75) is 19.4 Å². The first-order valence-electron chi connectivity index (χ1n) is 5.82. The molecule has 3 nitrogen and oxygen atoms in total. The molecule has 0 spiro atoms. The lowest BCUT2D eigenvalue weighted by Gasteiger charge is -2.05. The lowest BCUT2D eigenvalue weighted by Crippen LogP contribution is -2.15. The number of unbranched alkanes of at least 4 members (excludes halogenated alkanes) is 1. The standard InChI is InChI=1S/C13H20N2OS/c1-17-9-3-2-8-15-10-11-4-6-12(7-5-11)13(14)16/h4-7,15H,2-3,8-10H2,1H3,(H2,14,16). The fourth-order valence-corrected chi connectivity index (χ4v) is 2.01. The highest BCUT2D eigenvalue weighted by Gasteiger charge is 1.99. The van der Waals surface area contributed by atoms with Crippen LogP contribution in [0.5, 0.6) is 0 Å². The molecule has 3 N–H and O–H groups in total. The van der Waals surface area contributed by atoms with Crippen molar-refractivity contribution in [3.63, 3.8) is 0 Å². The van der Waals surface area contributed by atoms with Crippen LogP contribution in [0.1, 0.15) is 28.8 Å². The summed E-state index contributed by atoms with van der Waals surface area (Å²) >= 11 is 1.89. The molecule has 17 heavy (non-hydrogen) atoms. The number of hydrogen-bond donors (Lipinski definition) is 2. The van der Waals surface area contributed by atoms with Gasteiger partial charge in [0.15, 0.2) is 0 Å². The Morgan fingerprint density at radius 1 is 1.29 bits per heavy atom. The molecule has 0 atom stereocenters. The molecule has 4 heteroatoms. The van der Waals surface area contributed by atoms with Gasteiger partial charge in [0.05, 0.1) is 0 Å². The summed E-state index contributed by atoms with van der Waals surface area (Å²) in [7, 11) is 0. The largest absolute Gasteiger partial charge is 0.366 e. The van der Waals surface area contributed by atoms with E-state index < -0.39 is 0 Å². The molecule has 1 rings (SSSR count). The van der Waals surface area contributed by atoms with Gasteiger partial charge in [-0.15, -0.1) is 0 Å². The van der Waals surface area contributed by atoms with Gasteiger partial charge in [0.1, 0.15) is 0 Å². The molecule has 0 saturated heterocycles. The van der Waals surface area contributed by atoms with Crippen LogP contribution in [0.15, 0.2) is 24.3 Å². The maximum absolute atomic E-state index is 10.9. The Kier molecular flexibility index (Phi) is 6.74. The normalized spacial score (nSPS) is 10.4. The van der Waals surface area contributed by atoms with E-state index in [4.69, 9.17) is 5.73 Å². The van der Waals surface area contributed by atoms with Gasteiger partial charge in [-0.25, -0.2) is 0 Å². The predicted octanol–water partition coefficient (Wildman–Crippen LogP) is 2.02. The van der Waals surface area contributed by atoms with Gasteiger partial charge in [-0.1, -0.05) is 12.1 Å². The molecule has 94 valence electrons. The smallest absolute Gasteiger partial charge is 0.248 e. The van der Waals surface area contributed by atoms with Crippen molar-refractivity contribution >= 4 is 17.7 Å². The third kappa shape index (κ3) is 5.75. The number of benzene rings is 1. The molecule has 0 radical (unpaired) electrons. The van der Waals surface area contributed by atoms with E-state index >= 15 is 0 Å². The number of carbonyl (C=O) groups is 1. The van der Waals surface area contributed by atoms with Gasteiger partial charge in [0, 0.05) is 12.1 Å². The van der Waals surface area contributed by atoms with Crippen LogP contribution in [0.2, 0.25) is 0 Å². The summed E-state index contributed by atoms with van der Waals surface area (Å²) in [4.78, 5) is 10.9. The van der Waals surface area contributed by atoms with Crippen molar-refractivity contribution in [3.05, 3.63) is 35.4 Å². The van der Waals surface area contributed by atoms with Gasteiger partial charge >= 0.3 is 0 Å². The third-order valence-electron chi connectivity index (χ3n) is 2.52. The molecule has 0 aliphatic heterocycles. The van der Waals surface area contributed by atoms with E-state index in [0.717, 1.165) is 13.1 Å². The Morgan fingerprint density at radius 2 is 2.00 bits per heavy atom. The Bertz CT molecular complexity index is 338. The Balaban J connectivity index is 2.21. The minimum absolute atomic E-state index is 0.374. The highest BCUT2D eigenvalue weighted by atomic mass is 32.2. The molecule has 0 unspecified atom stereocenters. The molecule has 0 bridgehead atoms. The van der Waals surface area contributed by atoms with Gasteiger partial charge in [0.2, 0.25) is 5.91 Å². The summed E-state index contributed by atoms with van der Waals surface area (Å²) in [5, 5.41) is 3.38. The molecule has 1 aromatic carbocycles. The van der Waals surface area contributed by atoms with E-state index in [-0.39, 0.29) is 5.91 Å². The summed E-state index contributed by atoms with van der Waals surface area (Å²) in [6, 6.07) is 7.42. The Hall–Kier alpha value is -1.00. The SMILES string of the molecule is CSCCCCNCc1ccc(C(N)=O)cc1. The summed E-state index contributed by atoms with van der Waals surface area (Å²) in [6.45, 7) is 1.89. The van der Waals surface area contributed by atoms with Crippen LogP contribution < -0.4 is 11.1 Å². The van der Waals surface area contributed by atoms with E-state index in [1.165, 1.54) is 24.2 Å². The molecule has 0 aliphatic rings. The number of thioether (sulfide) groups is 1. The van der Waals surface area contributed by atoms with Crippen LogP contribution in [0.3, 0.4) is 0 Å². The monoisotopic (exact) mass is 252 g/mol. The van der Waals surface area contributed by atoms with Crippen molar-refractivity contribution in [3.8, 4) is 0 Å². The van der Waals surface area contributed by atoms with Crippen LogP contribution in [-0.4, -0.2) is 24.5 Å². The zero-order valence-corrected chi connectivity index (χ0v) is 11.1. The quantitative estimate of drug-likeness (QED) is 0.696. The van der Waals surface area contributed by atoms with Crippen molar-refractivity contribution in [1.82, 2.24) is 5.32 Å². The predicted molar refractivity (Wildman–Crippen MR) is 74.3 cm³/mol. The van der Waals surface area contributed by atoms with Crippen LogP contribution in [0.25, 0.3) is 0 Å². The Labute approximate surface area is 107 Å². The minimum Gasteiger partial charge on any atom is -0.366 e. The molecule has 0 saturated carbocycles. The molecule has 0 aliphatic carbocycles. The fourth-order valence-electron chi connectivity index (χ4n) is 1.52. The van der Waals surface area contributed by atoms with Crippen molar-refractivity contribution in [2.24, 2.45) is 5.73 Å². The van der Waals surface area contributed by atoms with Crippen molar-refractivity contribution in [1.29, 1.82) is 0 Å². The fraction of sp³-hybridized carbons (Fsp3) is 0.462. The van der Waals surface area contributed by atoms with Gasteiger partial charge in [-0.05, 0) is 49.1 Å². The summed E-state index contributed by atoms with van der Waals surface area (Å²) < 4.78 is 0. The number of nitrogens with one attached hydrogen (secondary N) is 1. The second kappa shape index (κ2) is 8.14. The summed E-state index contributed by atoms with van der Waals surface area (Å²) in [5.41, 5.74) is 6.92. The first kappa shape index (κ1) is 14.1. The highest BCUT2D eigenvalue weighted by Crippen LogP contribution is 2.04. The number of rotatable bonds is 8. The van der Waals surface area contributed by atoms with Gasteiger partial charge < -0.3 is 11.1 Å².